The molecule has 1 saturated heterocycles. The van der Waals surface area contributed by atoms with Gasteiger partial charge in [0.2, 0.25) is 17.5 Å². The maximum Gasteiger partial charge on any atom is 0.277 e. The number of carbonyl (C=O) groups excluding carboxylic acids is 1. The molecular formula is C19H25N3O6S. The molecule has 0 bridgehead atoms. The topological polar surface area (TPSA) is 96.2 Å². The van der Waals surface area contributed by atoms with Crippen LogP contribution in [0.4, 0.5) is 0 Å². The minimum Gasteiger partial charge on any atom is -0.493 e. The third-order valence-electron chi connectivity index (χ3n) is 4.41. The Morgan fingerprint density at radius 2 is 1.72 bits per heavy atom. The first-order chi connectivity index (χ1) is 13.9. The zero-order valence-corrected chi connectivity index (χ0v) is 17.9. The van der Waals surface area contributed by atoms with E-state index in [0.717, 1.165) is 0 Å². The molecule has 9 nitrogen and oxygen atoms in total. The van der Waals surface area contributed by atoms with Crippen molar-refractivity contribution in [1.82, 2.24) is 15.1 Å². The molecule has 0 unspecified atom stereocenters. The number of nitrogens with zero attached hydrogens (tertiary/aromatic N) is 3. The van der Waals surface area contributed by atoms with Crippen molar-refractivity contribution in [3.63, 3.8) is 0 Å². The van der Waals surface area contributed by atoms with Crippen LogP contribution in [0.5, 0.6) is 17.2 Å². The lowest BCUT2D eigenvalue weighted by molar-refractivity contribution is -0.140. The van der Waals surface area contributed by atoms with Crippen LogP contribution in [0.1, 0.15) is 13.8 Å². The second-order valence-corrected chi connectivity index (χ2v) is 7.56. The van der Waals surface area contributed by atoms with Crippen LogP contribution in [0.2, 0.25) is 0 Å². The molecule has 1 fully saturated rings. The van der Waals surface area contributed by atoms with Crippen molar-refractivity contribution in [2.45, 2.75) is 31.3 Å². The summed E-state index contributed by atoms with van der Waals surface area (Å²) in [5, 5.41) is 8.42. The van der Waals surface area contributed by atoms with Crippen molar-refractivity contribution in [1.29, 1.82) is 0 Å². The average Bonchev–Trinajstić information content (AvgIpc) is 3.19. The fraction of sp³-hybridized carbons (Fsp3) is 0.526. The number of morpholine rings is 1. The summed E-state index contributed by atoms with van der Waals surface area (Å²) in [5.41, 5.74) is 0.626. The molecule has 1 aliphatic rings. The second-order valence-electron chi connectivity index (χ2n) is 6.63. The van der Waals surface area contributed by atoms with Crippen LogP contribution >= 0.6 is 11.8 Å². The number of rotatable bonds is 7. The molecule has 1 amide bonds. The molecule has 0 aliphatic carbocycles. The second kappa shape index (κ2) is 9.36. The maximum absolute atomic E-state index is 12.5. The van der Waals surface area contributed by atoms with E-state index in [1.165, 1.54) is 33.1 Å². The number of amides is 1. The number of methoxy groups -OCH3 is 3. The van der Waals surface area contributed by atoms with Gasteiger partial charge >= 0.3 is 0 Å². The van der Waals surface area contributed by atoms with Crippen LogP contribution in [0.25, 0.3) is 11.5 Å². The number of aromatic nitrogens is 2. The highest BCUT2D eigenvalue weighted by Gasteiger charge is 2.26. The van der Waals surface area contributed by atoms with Crippen molar-refractivity contribution < 1.29 is 28.2 Å². The molecule has 29 heavy (non-hydrogen) atoms. The zero-order chi connectivity index (χ0) is 21.0. The lowest BCUT2D eigenvalue weighted by Gasteiger charge is -2.35. The van der Waals surface area contributed by atoms with Gasteiger partial charge in [0.1, 0.15) is 0 Å². The molecule has 1 aromatic carbocycles. The van der Waals surface area contributed by atoms with E-state index < -0.39 is 0 Å². The average molecular weight is 423 g/mol. The smallest absolute Gasteiger partial charge is 0.277 e. The summed E-state index contributed by atoms with van der Waals surface area (Å²) < 4.78 is 27.4. The lowest BCUT2D eigenvalue weighted by atomic mass is 10.2. The molecule has 0 radical (unpaired) electrons. The minimum atomic E-state index is 0.0181. The predicted octanol–water partition coefficient (Wildman–Crippen LogP) is 2.49. The molecule has 2 heterocycles. The fourth-order valence-electron chi connectivity index (χ4n) is 3.19. The largest absolute Gasteiger partial charge is 0.493 e. The Morgan fingerprint density at radius 1 is 1.10 bits per heavy atom. The van der Waals surface area contributed by atoms with Gasteiger partial charge in [-0.3, -0.25) is 4.79 Å². The molecule has 3 rings (SSSR count). The SMILES string of the molecule is COc1cc(-c2nnc(SCC(=O)N3C[C@@H](C)O[C@H](C)C3)o2)cc(OC)c1OC. The van der Waals surface area contributed by atoms with Crippen molar-refractivity contribution >= 4 is 17.7 Å². The van der Waals surface area contributed by atoms with Crippen molar-refractivity contribution in [2.75, 3.05) is 40.2 Å². The summed E-state index contributed by atoms with van der Waals surface area (Å²) in [5.74, 6) is 1.99. The molecule has 10 heteroatoms. The molecule has 2 atom stereocenters. The van der Waals surface area contributed by atoms with E-state index in [0.29, 0.717) is 47.0 Å². The number of carbonyl (C=O) groups is 1. The van der Waals surface area contributed by atoms with Gasteiger partial charge in [-0.15, -0.1) is 10.2 Å². The van der Waals surface area contributed by atoms with Crippen LogP contribution < -0.4 is 14.2 Å². The van der Waals surface area contributed by atoms with E-state index in [2.05, 4.69) is 10.2 Å². The zero-order valence-electron chi connectivity index (χ0n) is 17.1. The first-order valence-corrected chi connectivity index (χ1v) is 10.1. The van der Waals surface area contributed by atoms with Gasteiger partial charge in [0.25, 0.3) is 5.22 Å². The molecule has 0 N–H and O–H groups in total. The summed E-state index contributed by atoms with van der Waals surface area (Å²) in [6.45, 7) is 5.10. The summed E-state index contributed by atoms with van der Waals surface area (Å²) in [6, 6.07) is 3.45. The van der Waals surface area contributed by atoms with Crippen LogP contribution in [-0.2, 0) is 9.53 Å². The van der Waals surface area contributed by atoms with Gasteiger partial charge < -0.3 is 28.3 Å². The fourth-order valence-corrected chi connectivity index (χ4v) is 3.85. The predicted molar refractivity (Wildman–Crippen MR) is 107 cm³/mol. The Bertz CT molecular complexity index is 823. The van der Waals surface area contributed by atoms with E-state index in [-0.39, 0.29) is 23.9 Å². The summed E-state index contributed by atoms with van der Waals surface area (Å²) in [4.78, 5) is 14.3. The van der Waals surface area contributed by atoms with Gasteiger partial charge in [0, 0.05) is 18.7 Å². The summed E-state index contributed by atoms with van der Waals surface area (Å²) in [7, 11) is 4.61. The maximum atomic E-state index is 12.5. The van der Waals surface area contributed by atoms with E-state index in [4.69, 9.17) is 23.4 Å². The number of thioether (sulfide) groups is 1. The Balaban J connectivity index is 1.69. The van der Waals surface area contributed by atoms with Crippen molar-refractivity contribution in [3.8, 4) is 28.7 Å². The molecular weight excluding hydrogens is 398 g/mol. The van der Waals surface area contributed by atoms with Crippen LogP contribution in [0.3, 0.4) is 0 Å². The highest BCUT2D eigenvalue weighted by Crippen LogP contribution is 2.41. The third-order valence-corrected chi connectivity index (χ3v) is 5.21. The Kier molecular flexibility index (Phi) is 6.86. The number of ether oxygens (including phenoxy) is 4. The number of hydrogen-bond acceptors (Lipinski definition) is 9. The Morgan fingerprint density at radius 3 is 2.28 bits per heavy atom. The molecule has 158 valence electrons. The quantitative estimate of drug-likeness (QED) is 0.622. The van der Waals surface area contributed by atoms with E-state index in [1.807, 2.05) is 18.7 Å². The number of hydrogen-bond donors (Lipinski definition) is 0. The van der Waals surface area contributed by atoms with Gasteiger partial charge in [0.05, 0.1) is 39.3 Å². The standard InChI is InChI=1S/C19H25N3O6S/c1-11-8-22(9-12(2)27-11)16(23)10-29-19-21-20-18(28-19)13-6-14(24-3)17(26-5)15(7-13)25-4/h6-7,11-12H,8-10H2,1-5H3/t11-,12-/m1/s1. The first-order valence-electron chi connectivity index (χ1n) is 9.15. The van der Waals surface area contributed by atoms with Crippen molar-refractivity contribution in [2.24, 2.45) is 0 Å². The Hall–Kier alpha value is -2.46. The van der Waals surface area contributed by atoms with Crippen LogP contribution in [0, 0.1) is 0 Å². The molecule has 0 spiro atoms. The normalized spacial score (nSPS) is 19.1. The van der Waals surface area contributed by atoms with E-state index >= 15 is 0 Å². The minimum absolute atomic E-state index is 0.0181. The Labute approximate surface area is 173 Å². The van der Waals surface area contributed by atoms with Crippen molar-refractivity contribution in [3.05, 3.63) is 12.1 Å². The molecule has 1 aliphatic heterocycles. The number of benzene rings is 1. The van der Waals surface area contributed by atoms with Gasteiger partial charge in [0.15, 0.2) is 11.5 Å². The lowest BCUT2D eigenvalue weighted by Crippen LogP contribution is -2.48. The van der Waals surface area contributed by atoms with Gasteiger partial charge in [-0.05, 0) is 26.0 Å². The monoisotopic (exact) mass is 423 g/mol. The third kappa shape index (κ3) is 4.94. The highest BCUT2D eigenvalue weighted by atomic mass is 32.2. The molecule has 1 aromatic heterocycles. The summed E-state index contributed by atoms with van der Waals surface area (Å²) in [6.07, 6.45) is 0.0606. The van der Waals surface area contributed by atoms with Gasteiger partial charge in [-0.2, -0.15) is 0 Å². The van der Waals surface area contributed by atoms with Gasteiger partial charge in [-0.25, -0.2) is 0 Å². The van der Waals surface area contributed by atoms with Crippen LogP contribution in [-0.4, -0.2) is 73.4 Å². The molecule has 2 aromatic rings. The first kappa shape index (κ1) is 21.3. The van der Waals surface area contributed by atoms with E-state index in [9.17, 15) is 4.79 Å². The highest BCUT2D eigenvalue weighted by molar-refractivity contribution is 7.99. The van der Waals surface area contributed by atoms with Gasteiger partial charge in [-0.1, -0.05) is 11.8 Å². The molecule has 0 saturated carbocycles. The van der Waals surface area contributed by atoms with Crippen LogP contribution in [0.15, 0.2) is 21.8 Å². The van der Waals surface area contributed by atoms with E-state index in [1.54, 1.807) is 12.1 Å². The summed E-state index contributed by atoms with van der Waals surface area (Å²) >= 11 is 1.21.